The molecule has 3 aromatic rings. The standard InChI is InChI=1S/C31H34N4O4/c1-5-9-29(32-4)28(31(38)35(6-2)24-16-18-25(37)19-17-24)20-22-12-14-23(15-13-22)26-10-7-8-11-27(26)30(34-39)33-21(3)36/h7-8,10-19,37,39H,4-6,9,20H2,1-3H3,(H,33,34,36)/b29-28-. The lowest BCUT2D eigenvalue weighted by atomic mass is 9.95. The maximum absolute atomic E-state index is 13.8. The third-order valence-electron chi connectivity index (χ3n) is 6.23. The molecule has 0 radical (unpaired) electrons. The Balaban J connectivity index is 1.97. The molecule has 0 heterocycles. The van der Waals surface area contributed by atoms with Crippen LogP contribution in [0, 0.1) is 0 Å². The van der Waals surface area contributed by atoms with Crippen LogP contribution in [0.1, 0.15) is 44.7 Å². The van der Waals surface area contributed by atoms with Gasteiger partial charge in [-0.1, -0.05) is 67.0 Å². The maximum atomic E-state index is 13.8. The Morgan fingerprint density at radius 3 is 2.21 bits per heavy atom. The number of rotatable bonds is 10. The van der Waals surface area contributed by atoms with E-state index in [2.05, 4.69) is 22.2 Å². The minimum Gasteiger partial charge on any atom is -0.508 e. The number of amides is 2. The van der Waals surface area contributed by atoms with Crippen LogP contribution in [0.4, 0.5) is 5.69 Å². The number of oxime groups is 1. The summed E-state index contributed by atoms with van der Waals surface area (Å²) in [5, 5.41) is 25.0. The Bertz CT molecular complexity index is 1380. The smallest absolute Gasteiger partial charge is 0.256 e. The second kappa shape index (κ2) is 13.7. The summed E-state index contributed by atoms with van der Waals surface area (Å²) in [6.45, 7) is 9.46. The number of aliphatic imine (C=N–C) groups is 1. The number of aromatic hydroxyl groups is 1. The topological polar surface area (TPSA) is 115 Å². The number of allylic oxidation sites excluding steroid dienone is 1. The second-order valence-electron chi connectivity index (χ2n) is 8.95. The number of hydrogen-bond acceptors (Lipinski definition) is 6. The molecule has 0 spiro atoms. The van der Waals surface area contributed by atoms with Crippen molar-refractivity contribution in [2.75, 3.05) is 11.4 Å². The number of benzene rings is 3. The first-order valence-corrected chi connectivity index (χ1v) is 12.8. The van der Waals surface area contributed by atoms with E-state index in [-0.39, 0.29) is 23.4 Å². The van der Waals surface area contributed by atoms with E-state index in [0.29, 0.717) is 41.9 Å². The molecule has 0 atom stereocenters. The van der Waals surface area contributed by atoms with Crippen molar-refractivity contribution in [3.8, 4) is 16.9 Å². The molecule has 202 valence electrons. The van der Waals surface area contributed by atoms with Gasteiger partial charge in [-0.25, -0.2) is 0 Å². The van der Waals surface area contributed by atoms with Crippen molar-refractivity contribution in [1.29, 1.82) is 0 Å². The molecule has 3 rings (SSSR count). The minimum absolute atomic E-state index is 0.0631. The molecule has 0 saturated carbocycles. The van der Waals surface area contributed by atoms with E-state index in [9.17, 15) is 19.9 Å². The average molecular weight is 527 g/mol. The first-order valence-electron chi connectivity index (χ1n) is 12.8. The van der Waals surface area contributed by atoms with Crippen LogP contribution < -0.4 is 10.2 Å². The molecular weight excluding hydrogens is 492 g/mol. The Morgan fingerprint density at radius 2 is 1.64 bits per heavy atom. The number of anilines is 1. The van der Waals surface area contributed by atoms with Gasteiger partial charge in [-0.2, -0.15) is 0 Å². The summed E-state index contributed by atoms with van der Waals surface area (Å²) in [6, 6.07) is 21.6. The van der Waals surface area contributed by atoms with Gasteiger partial charge in [-0.05, 0) is 61.0 Å². The van der Waals surface area contributed by atoms with Crippen LogP contribution in [0.2, 0.25) is 0 Å². The number of phenolic OH excluding ortho intramolecular Hbond substituents is 1. The number of likely N-dealkylation sites (N-methyl/N-ethyl adjacent to an activating group) is 1. The van der Waals surface area contributed by atoms with Gasteiger partial charge in [-0.3, -0.25) is 14.6 Å². The number of hydrogen-bond donors (Lipinski definition) is 3. The van der Waals surface area contributed by atoms with Gasteiger partial charge >= 0.3 is 0 Å². The Hall–Kier alpha value is -4.72. The van der Waals surface area contributed by atoms with Crippen molar-refractivity contribution in [1.82, 2.24) is 5.32 Å². The van der Waals surface area contributed by atoms with Crippen molar-refractivity contribution < 1.29 is 19.9 Å². The van der Waals surface area contributed by atoms with E-state index in [1.807, 2.05) is 50.2 Å². The van der Waals surface area contributed by atoms with Crippen molar-refractivity contribution >= 4 is 30.1 Å². The summed E-state index contributed by atoms with van der Waals surface area (Å²) >= 11 is 0. The predicted molar refractivity (Wildman–Crippen MR) is 155 cm³/mol. The van der Waals surface area contributed by atoms with E-state index in [4.69, 9.17) is 0 Å². The maximum Gasteiger partial charge on any atom is 0.256 e. The van der Waals surface area contributed by atoms with Crippen molar-refractivity contribution in [2.45, 2.75) is 40.0 Å². The van der Waals surface area contributed by atoms with E-state index < -0.39 is 0 Å². The molecule has 2 amide bonds. The molecule has 0 fully saturated rings. The summed E-state index contributed by atoms with van der Waals surface area (Å²) in [6.07, 6.45) is 1.80. The molecule has 3 N–H and O–H groups in total. The van der Waals surface area contributed by atoms with Gasteiger partial charge in [-0.15, -0.1) is 0 Å². The molecule has 0 aromatic heterocycles. The Labute approximate surface area is 229 Å². The number of nitrogens with one attached hydrogen (secondary N) is 1. The Morgan fingerprint density at radius 1 is 0.974 bits per heavy atom. The van der Waals surface area contributed by atoms with Gasteiger partial charge in [0.25, 0.3) is 5.91 Å². The SMILES string of the molecule is C=N/C(CCC)=C(/Cc1ccc(-c2ccccc2/C(=N/O)NC(C)=O)cc1)C(=O)N(CC)c1ccc(O)cc1. The van der Waals surface area contributed by atoms with Gasteiger partial charge < -0.3 is 20.5 Å². The van der Waals surface area contributed by atoms with E-state index in [1.54, 1.807) is 41.3 Å². The van der Waals surface area contributed by atoms with Crippen LogP contribution in [-0.2, 0) is 16.0 Å². The molecule has 0 saturated heterocycles. The number of carbonyl (C=O) groups excluding carboxylic acids is 2. The fourth-order valence-electron chi connectivity index (χ4n) is 4.36. The molecule has 0 bridgehead atoms. The van der Waals surface area contributed by atoms with Crippen LogP contribution in [0.3, 0.4) is 0 Å². The number of nitrogens with zero attached hydrogens (tertiary/aromatic N) is 3. The zero-order valence-electron chi connectivity index (χ0n) is 22.5. The lowest BCUT2D eigenvalue weighted by molar-refractivity contribution is -0.117. The molecule has 0 aliphatic carbocycles. The molecule has 8 heteroatoms. The van der Waals surface area contributed by atoms with Gasteiger partial charge in [0.15, 0.2) is 5.84 Å². The number of amidine groups is 1. The quantitative estimate of drug-likeness (QED) is 0.104. The highest BCUT2D eigenvalue weighted by Crippen LogP contribution is 2.28. The van der Waals surface area contributed by atoms with Gasteiger partial charge in [0.2, 0.25) is 5.91 Å². The average Bonchev–Trinajstić information content (AvgIpc) is 2.95. The largest absolute Gasteiger partial charge is 0.508 e. The summed E-state index contributed by atoms with van der Waals surface area (Å²) < 4.78 is 0. The number of phenols is 1. The van der Waals surface area contributed by atoms with Crippen LogP contribution >= 0.6 is 0 Å². The van der Waals surface area contributed by atoms with Gasteiger partial charge in [0, 0.05) is 42.4 Å². The van der Waals surface area contributed by atoms with Crippen LogP contribution in [0.5, 0.6) is 5.75 Å². The van der Waals surface area contributed by atoms with E-state index >= 15 is 0 Å². The molecule has 39 heavy (non-hydrogen) atoms. The summed E-state index contributed by atoms with van der Waals surface area (Å²) in [4.78, 5) is 31.3. The van der Waals surface area contributed by atoms with Crippen molar-refractivity contribution in [2.24, 2.45) is 10.1 Å². The third-order valence-corrected chi connectivity index (χ3v) is 6.23. The Kier molecular flexibility index (Phi) is 10.1. The van der Waals surface area contributed by atoms with Gasteiger partial charge in [0.05, 0.1) is 0 Å². The molecule has 0 unspecified atom stereocenters. The first kappa shape index (κ1) is 28.8. The van der Waals surface area contributed by atoms with Crippen LogP contribution in [0.15, 0.2) is 94.2 Å². The summed E-state index contributed by atoms with van der Waals surface area (Å²) in [5.41, 5.74) is 5.03. The lowest BCUT2D eigenvalue weighted by Crippen LogP contribution is -2.33. The van der Waals surface area contributed by atoms with Crippen LogP contribution in [0.25, 0.3) is 11.1 Å². The molecule has 0 aliphatic rings. The van der Waals surface area contributed by atoms with E-state index in [1.165, 1.54) is 6.92 Å². The van der Waals surface area contributed by atoms with E-state index in [0.717, 1.165) is 23.1 Å². The zero-order valence-corrected chi connectivity index (χ0v) is 22.5. The summed E-state index contributed by atoms with van der Waals surface area (Å²) in [7, 11) is 0. The third kappa shape index (κ3) is 7.19. The first-order chi connectivity index (χ1) is 18.8. The van der Waals surface area contributed by atoms with Crippen LogP contribution in [-0.4, -0.2) is 41.2 Å². The highest BCUT2D eigenvalue weighted by Gasteiger charge is 2.22. The van der Waals surface area contributed by atoms with Gasteiger partial charge in [0.1, 0.15) is 5.75 Å². The normalized spacial score (nSPS) is 11.9. The molecule has 8 nitrogen and oxygen atoms in total. The van der Waals surface area contributed by atoms with Crippen molar-refractivity contribution in [3.63, 3.8) is 0 Å². The zero-order chi connectivity index (χ0) is 28.4. The molecular formula is C31H34N4O4. The number of carbonyl (C=O) groups is 2. The highest BCUT2D eigenvalue weighted by atomic mass is 16.4. The highest BCUT2D eigenvalue weighted by molar-refractivity contribution is 6.10. The second-order valence-corrected chi connectivity index (χ2v) is 8.95. The fraction of sp³-hybridized carbons (Fsp3) is 0.226. The minimum atomic E-state index is -0.343. The monoisotopic (exact) mass is 526 g/mol. The lowest BCUT2D eigenvalue weighted by Gasteiger charge is -2.24. The molecule has 0 aliphatic heterocycles. The predicted octanol–water partition coefficient (Wildman–Crippen LogP) is 5.68. The summed E-state index contributed by atoms with van der Waals surface area (Å²) in [5.74, 6) is -0.307. The van der Waals surface area contributed by atoms with Crippen molar-refractivity contribution in [3.05, 3.63) is 95.2 Å². The molecule has 3 aromatic carbocycles. The fourth-order valence-corrected chi connectivity index (χ4v) is 4.36.